The van der Waals surface area contributed by atoms with Crippen LogP contribution in [0, 0.1) is 0 Å². The number of hydrogen-bond donors (Lipinski definition) is 0. The number of aliphatic imine (C=N–C) groups is 2. The number of thiophene rings is 1. The molecule has 1 aliphatic heterocycles. The Balaban J connectivity index is 1.11. The van der Waals surface area contributed by atoms with Gasteiger partial charge in [-0.2, -0.15) is 0 Å². The van der Waals surface area contributed by atoms with Crippen LogP contribution in [-0.4, -0.2) is 16.1 Å². The Labute approximate surface area is 294 Å². The number of para-hydroxylation sites is 1. The first-order valence-electron chi connectivity index (χ1n) is 17.1. The molecule has 0 spiro atoms. The van der Waals surface area contributed by atoms with Crippen LogP contribution in [0.3, 0.4) is 0 Å². The van der Waals surface area contributed by atoms with Gasteiger partial charge in [0.2, 0.25) is 0 Å². The van der Waals surface area contributed by atoms with Gasteiger partial charge in [-0.1, -0.05) is 127 Å². The number of nitrogens with zero attached hydrogens (tertiary/aromatic N) is 3. The van der Waals surface area contributed by atoms with E-state index in [-0.39, 0.29) is 6.04 Å². The van der Waals surface area contributed by atoms with Crippen LogP contribution in [-0.2, 0) is 0 Å². The molecule has 0 radical (unpaired) electrons. The highest BCUT2D eigenvalue weighted by molar-refractivity contribution is 7.25. The number of benzene rings is 7. The number of aromatic nitrogens is 1. The Bertz CT molecular complexity index is 2790. The van der Waals surface area contributed by atoms with Crippen LogP contribution in [0.15, 0.2) is 180 Å². The molecule has 0 saturated carbocycles. The van der Waals surface area contributed by atoms with Crippen molar-refractivity contribution in [3.63, 3.8) is 0 Å². The third-order valence-electron chi connectivity index (χ3n) is 9.94. The van der Waals surface area contributed by atoms with E-state index in [2.05, 4.69) is 174 Å². The summed E-state index contributed by atoms with van der Waals surface area (Å²) in [6.45, 7) is 0. The van der Waals surface area contributed by atoms with Crippen LogP contribution >= 0.6 is 11.3 Å². The molecule has 0 amide bonds. The first-order chi connectivity index (χ1) is 24.8. The summed E-state index contributed by atoms with van der Waals surface area (Å²) in [7, 11) is 0. The quantitative estimate of drug-likeness (QED) is 0.176. The molecule has 0 bridgehead atoms. The molecule has 236 valence electrons. The second-order valence-corrected chi connectivity index (χ2v) is 14.0. The lowest BCUT2D eigenvalue weighted by Gasteiger charge is -2.22. The zero-order chi connectivity index (χ0) is 33.0. The lowest BCUT2D eigenvalue weighted by Crippen LogP contribution is -2.17. The Hall–Kier alpha value is -6.10. The van der Waals surface area contributed by atoms with Crippen LogP contribution in [0.4, 0.5) is 0 Å². The Kier molecular flexibility index (Phi) is 6.81. The first-order valence-corrected chi connectivity index (χ1v) is 17.9. The average molecular weight is 658 g/mol. The van der Waals surface area contributed by atoms with E-state index in [1.165, 1.54) is 58.7 Å². The minimum atomic E-state index is -0.0411. The van der Waals surface area contributed by atoms with Crippen molar-refractivity contribution in [1.29, 1.82) is 0 Å². The normalized spacial score (nSPS) is 14.8. The molecule has 50 heavy (non-hydrogen) atoms. The molecule has 1 atom stereocenters. The maximum atomic E-state index is 5.38. The van der Waals surface area contributed by atoms with Crippen molar-refractivity contribution in [1.82, 2.24) is 4.57 Å². The van der Waals surface area contributed by atoms with E-state index in [0.29, 0.717) is 0 Å². The van der Waals surface area contributed by atoms with Crippen LogP contribution < -0.4 is 0 Å². The van der Waals surface area contributed by atoms with Crippen LogP contribution in [0.2, 0.25) is 0 Å². The van der Waals surface area contributed by atoms with Gasteiger partial charge >= 0.3 is 0 Å². The summed E-state index contributed by atoms with van der Waals surface area (Å²) in [6, 6.07) is 60.9. The van der Waals surface area contributed by atoms with Gasteiger partial charge in [-0.3, -0.25) is 4.99 Å². The van der Waals surface area contributed by atoms with Gasteiger partial charge in [-0.05, 0) is 64.7 Å². The Morgan fingerprint density at radius 2 is 1.18 bits per heavy atom. The van der Waals surface area contributed by atoms with Gasteiger partial charge in [0.15, 0.2) is 5.84 Å². The summed E-state index contributed by atoms with van der Waals surface area (Å²) < 4.78 is 4.99. The molecule has 3 nitrogen and oxygen atoms in total. The summed E-state index contributed by atoms with van der Waals surface area (Å²) in [5.41, 5.74) is 10.3. The smallest absolute Gasteiger partial charge is 0.155 e. The van der Waals surface area contributed by atoms with E-state index in [4.69, 9.17) is 9.98 Å². The van der Waals surface area contributed by atoms with Crippen molar-refractivity contribution in [2.24, 2.45) is 9.98 Å². The molecule has 0 saturated heterocycles. The lowest BCUT2D eigenvalue weighted by molar-refractivity contribution is 0.755. The number of amidine groups is 1. The van der Waals surface area contributed by atoms with Gasteiger partial charge in [0.05, 0.1) is 22.8 Å². The van der Waals surface area contributed by atoms with E-state index in [0.717, 1.165) is 34.8 Å². The van der Waals surface area contributed by atoms with E-state index in [1.807, 2.05) is 11.3 Å². The van der Waals surface area contributed by atoms with Gasteiger partial charge in [0.1, 0.15) is 0 Å². The molecule has 1 unspecified atom stereocenters. The van der Waals surface area contributed by atoms with E-state index in [1.54, 1.807) is 0 Å². The minimum absolute atomic E-state index is 0.0411. The zero-order valence-corrected chi connectivity index (χ0v) is 28.0. The molecule has 7 aromatic carbocycles. The second kappa shape index (κ2) is 11.8. The predicted molar refractivity (Wildman–Crippen MR) is 212 cm³/mol. The molecule has 0 aliphatic carbocycles. The summed E-state index contributed by atoms with van der Waals surface area (Å²) >= 11 is 1.85. The third-order valence-corrected chi connectivity index (χ3v) is 11.1. The molecule has 10 rings (SSSR count). The van der Waals surface area contributed by atoms with E-state index >= 15 is 0 Å². The molecule has 0 fully saturated rings. The lowest BCUT2D eigenvalue weighted by atomic mass is 9.95. The highest BCUT2D eigenvalue weighted by Crippen LogP contribution is 2.38. The topological polar surface area (TPSA) is 29.6 Å². The van der Waals surface area contributed by atoms with Gasteiger partial charge in [-0.15, -0.1) is 11.3 Å². The fourth-order valence-corrected chi connectivity index (χ4v) is 8.67. The number of rotatable bonds is 5. The third kappa shape index (κ3) is 4.88. The predicted octanol–water partition coefficient (Wildman–Crippen LogP) is 12.2. The Morgan fingerprint density at radius 1 is 0.480 bits per heavy atom. The molecular formula is C46H31N3S. The van der Waals surface area contributed by atoms with Crippen LogP contribution in [0.25, 0.3) is 58.8 Å². The van der Waals surface area contributed by atoms with Crippen molar-refractivity contribution in [2.45, 2.75) is 12.5 Å². The van der Waals surface area contributed by atoms with Crippen LogP contribution in [0.5, 0.6) is 0 Å². The SMILES string of the molecule is c1ccc(C2=NC(c3cccc(-n4c5ccccc5c5cc(-c6ccccc6)ccc54)c3)=NC(c3ccc4c(c3)sc3ccccc34)C2)cc1. The largest absolute Gasteiger partial charge is 0.309 e. The van der Waals surface area contributed by atoms with Crippen molar-refractivity contribution in [3.8, 4) is 16.8 Å². The molecule has 4 heteroatoms. The van der Waals surface area contributed by atoms with Gasteiger partial charge in [0.25, 0.3) is 0 Å². The van der Waals surface area contributed by atoms with E-state index < -0.39 is 0 Å². The van der Waals surface area contributed by atoms with Gasteiger partial charge in [0, 0.05) is 48.6 Å². The van der Waals surface area contributed by atoms with Crippen LogP contribution in [0.1, 0.15) is 29.2 Å². The van der Waals surface area contributed by atoms with Gasteiger partial charge < -0.3 is 4.57 Å². The van der Waals surface area contributed by atoms with Crippen molar-refractivity contribution in [2.75, 3.05) is 0 Å². The molecule has 9 aromatic rings. The molecule has 0 N–H and O–H groups in total. The Morgan fingerprint density at radius 3 is 2.04 bits per heavy atom. The van der Waals surface area contributed by atoms with E-state index in [9.17, 15) is 0 Å². The fraction of sp³-hybridized carbons (Fsp3) is 0.0435. The second-order valence-electron chi connectivity index (χ2n) is 13.0. The van der Waals surface area contributed by atoms with Crippen molar-refractivity contribution >= 4 is 64.9 Å². The number of fused-ring (bicyclic) bond motifs is 6. The summed E-state index contributed by atoms with van der Waals surface area (Å²) in [5, 5.41) is 5.10. The minimum Gasteiger partial charge on any atom is -0.309 e. The fourth-order valence-electron chi connectivity index (χ4n) is 7.52. The first kappa shape index (κ1) is 28.9. The summed E-state index contributed by atoms with van der Waals surface area (Å²) in [6.07, 6.45) is 0.750. The van der Waals surface area contributed by atoms with Crippen molar-refractivity contribution in [3.05, 3.63) is 187 Å². The highest BCUT2D eigenvalue weighted by Gasteiger charge is 2.23. The molecule has 3 heterocycles. The highest BCUT2D eigenvalue weighted by atomic mass is 32.1. The average Bonchev–Trinajstić information content (AvgIpc) is 3.73. The molecule has 1 aliphatic rings. The number of hydrogen-bond acceptors (Lipinski definition) is 3. The van der Waals surface area contributed by atoms with Crippen molar-refractivity contribution < 1.29 is 0 Å². The standard InChI is InChI=1S/C46H31N3S/c1-3-12-30(13-4-1)32-23-25-43-39(27-32)36-18-7-9-20-42(36)49(43)35-17-11-16-34(26-35)46-47-40(31-14-5-2-6-15-31)29-41(48-46)33-22-24-38-37-19-8-10-21-44(37)50-45(38)28-33/h1-28,41H,29H2. The monoisotopic (exact) mass is 657 g/mol. The summed E-state index contributed by atoms with van der Waals surface area (Å²) in [4.78, 5) is 10.6. The molecular weight excluding hydrogens is 627 g/mol. The van der Waals surface area contributed by atoms with Gasteiger partial charge in [-0.25, -0.2) is 4.99 Å². The summed E-state index contributed by atoms with van der Waals surface area (Å²) in [5.74, 6) is 0.769. The maximum absolute atomic E-state index is 5.38. The molecule has 2 aromatic heterocycles. The maximum Gasteiger partial charge on any atom is 0.155 e. The zero-order valence-electron chi connectivity index (χ0n) is 27.2.